The Hall–Kier alpha value is -3.45. The van der Waals surface area contributed by atoms with Crippen molar-refractivity contribution in [2.75, 3.05) is 10.0 Å². The van der Waals surface area contributed by atoms with Crippen molar-refractivity contribution in [3.63, 3.8) is 0 Å². The molecular weight excluding hydrogens is 388 g/mol. The number of rotatable bonds is 6. The van der Waals surface area contributed by atoms with E-state index in [1.807, 2.05) is 31.2 Å². The van der Waals surface area contributed by atoms with E-state index in [9.17, 15) is 18.0 Å². The Kier molecular flexibility index (Phi) is 5.79. The van der Waals surface area contributed by atoms with Crippen molar-refractivity contribution in [2.24, 2.45) is 0 Å². The number of hydrogen-bond acceptors (Lipinski definition) is 4. The van der Waals surface area contributed by atoms with Gasteiger partial charge in [-0.05, 0) is 62.4 Å². The number of amides is 1. The summed E-state index contributed by atoms with van der Waals surface area (Å²) >= 11 is 0. The smallest absolute Gasteiger partial charge is 0.261 e. The highest BCUT2D eigenvalue weighted by molar-refractivity contribution is 7.92. The SMILES string of the molecule is CC(=O)c1ccc(S(=O)(=O)Nc2ccc(C(=O)Nc3ccc(C)cc3)cc2)cc1. The standard InChI is InChI=1S/C22H20N2O4S/c1-15-3-9-19(10-4-15)23-22(26)18-5-11-20(12-6-18)24-29(27,28)21-13-7-17(8-14-21)16(2)25/h3-14,24H,1-2H3,(H,23,26). The van der Waals surface area contributed by atoms with E-state index in [2.05, 4.69) is 10.0 Å². The van der Waals surface area contributed by atoms with Crippen LogP contribution in [0.1, 0.15) is 33.2 Å². The van der Waals surface area contributed by atoms with Gasteiger partial charge in [0.25, 0.3) is 15.9 Å². The number of anilines is 2. The molecule has 29 heavy (non-hydrogen) atoms. The molecule has 0 saturated carbocycles. The van der Waals surface area contributed by atoms with Crippen molar-refractivity contribution in [1.82, 2.24) is 0 Å². The predicted octanol–water partition coefficient (Wildman–Crippen LogP) is 4.25. The van der Waals surface area contributed by atoms with Crippen LogP contribution in [0, 0.1) is 6.92 Å². The van der Waals surface area contributed by atoms with Crippen LogP contribution in [0.15, 0.2) is 77.7 Å². The van der Waals surface area contributed by atoms with Crippen molar-refractivity contribution < 1.29 is 18.0 Å². The summed E-state index contributed by atoms with van der Waals surface area (Å²) < 4.78 is 27.5. The number of carbonyl (C=O) groups is 2. The average Bonchev–Trinajstić information content (AvgIpc) is 2.70. The molecule has 1 amide bonds. The third-order valence-electron chi connectivity index (χ3n) is 4.28. The van der Waals surface area contributed by atoms with Gasteiger partial charge in [0.2, 0.25) is 0 Å². The highest BCUT2D eigenvalue weighted by Crippen LogP contribution is 2.18. The number of benzene rings is 3. The Bertz CT molecular complexity index is 1130. The number of ketones is 1. The van der Waals surface area contributed by atoms with Crippen molar-refractivity contribution in [3.05, 3.63) is 89.5 Å². The molecule has 3 aromatic rings. The van der Waals surface area contributed by atoms with E-state index < -0.39 is 10.0 Å². The van der Waals surface area contributed by atoms with Crippen LogP contribution in [0.3, 0.4) is 0 Å². The van der Waals surface area contributed by atoms with Crippen LogP contribution >= 0.6 is 0 Å². The summed E-state index contributed by atoms with van der Waals surface area (Å²) in [6, 6.07) is 19.2. The largest absolute Gasteiger partial charge is 0.322 e. The van der Waals surface area contributed by atoms with E-state index in [1.165, 1.54) is 43.3 Å². The molecule has 0 spiro atoms. The van der Waals surface area contributed by atoms with Crippen molar-refractivity contribution >= 4 is 33.1 Å². The Balaban J connectivity index is 1.70. The minimum absolute atomic E-state index is 0.0451. The molecular formula is C22H20N2O4S. The molecule has 3 rings (SSSR count). The average molecular weight is 408 g/mol. The second kappa shape index (κ2) is 8.28. The lowest BCUT2D eigenvalue weighted by molar-refractivity contribution is 0.101. The van der Waals surface area contributed by atoms with Gasteiger partial charge in [0.05, 0.1) is 4.90 Å². The highest BCUT2D eigenvalue weighted by atomic mass is 32.2. The Morgan fingerprint density at radius 2 is 1.24 bits per heavy atom. The molecule has 148 valence electrons. The maximum Gasteiger partial charge on any atom is 0.261 e. The molecule has 0 aliphatic heterocycles. The fraction of sp³-hybridized carbons (Fsp3) is 0.0909. The summed E-state index contributed by atoms with van der Waals surface area (Å²) in [5.41, 5.74) is 2.94. The Labute approximate surface area is 169 Å². The van der Waals surface area contributed by atoms with Crippen LogP contribution in [0.25, 0.3) is 0 Å². The van der Waals surface area contributed by atoms with Crippen molar-refractivity contribution in [2.45, 2.75) is 18.7 Å². The van der Waals surface area contributed by atoms with Gasteiger partial charge in [0, 0.05) is 22.5 Å². The van der Waals surface area contributed by atoms with Gasteiger partial charge in [-0.15, -0.1) is 0 Å². The minimum atomic E-state index is -3.80. The molecule has 0 saturated heterocycles. The van der Waals surface area contributed by atoms with Crippen LogP contribution in [0.4, 0.5) is 11.4 Å². The molecule has 0 bridgehead atoms. The number of sulfonamides is 1. The van der Waals surface area contributed by atoms with Gasteiger partial charge < -0.3 is 5.32 Å². The molecule has 0 aromatic heterocycles. The lowest BCUT2D eigenvalue weighted by Gasteiger charge is -2.10. The topological polar surface area (TPSA) is 92.3 Å². The third-order valence-corrected chi connectivity index (χ3v) is 5.68. The molecule has 0 radical (unpaired) electrons. The molecule has 0 aliphatic rings. The number of aryl methyl sites for hydroxylation is 1. The molecule has 0 aliphatic carbocycles. The first-order chi connectivity index (χ1) is 13.7. The van der Waals surface area contributed by atoms with Gasteiger partial charge in [0.15, 0.2) is 5.78 Å². The quantitative estimate of drug-likeness (QED) is 0.597. The minimum Gasteiger partial charge on any atom is -0.322 e. The highest BCUT2D eigenvalue weighted by Gasteiger charge is 2.15. The van der Waals surface area contributed by atoms with Crippen LogP contribution in [-0.2, 0) is 10.0 Å². The van der Waals surface area contributed by atoms with Crippen molar-refractivity contribution in [1.29, 1.82) is 0 Å². The lowest BCUT2D eigenvalue weighted by Crippen LogP contribution is -2.14. The number of nitrogens with one attached hydrogen (secondary N) is 2. The summed E-state index contributed by atoms with van der Waals surface area (Å²) in [4.78, 5) is 23.7. The fourth-order valence-electron chi connectivity index (χ4n) is 2.61. The molecule has 2 N–H and O–H groups in total. The second-order valence-electron chi connectivity index (χ2n) is 6.58. The van der Waals surface area contributed by atoms with Crippen LogP contribution in [0.2, 0.25) is 0 Å². The van der Waals surface area contributed by atoms with E-state index in [1.54, 1.807) is 12.1 Å². The monoisotopic (exact) mass is 408 g/mol. The van der Waals surface area contributed by atoms with Gasteiger partial charge >= 0.3 is 0 Å². The molecule has 0 atom stereocenters. The normalized spacial score (nSPS) is 11.0. The predicted molar refractivity (Wildman–Crippen MR) is 113 cm³/mol. The molecule has 0 fully saturated rings. The first-order valence-corrected chi connectivity index (χ1v) is 10.3. The zero-order valence-corrected chi connectivity index (χ0v) is 16.8. The number of hydrogen-bond donors (Lipinski definition) is 2. The summed E-state index contributed by atoms with van der Waals surface area (Å²) in [5.74, 6) is -0.426. The van der Waals surface area contributed by atoms with Crippen LogP contribution < -0.4 is 10.0 Å². The summed E-state index contributed by atoms with van der Waals surface area (Å²) in [5, 5.41) is 2.79. The maximum atomic E-state index is 12.5. The van der Waals surface area contributed by atoms with Gasteiger partial charge in [0.1, 0.15) is 0 Å². The third kappa shape index (κ3) is 5.08. The maximum absolute atomic E-state index is 12.5. The zero-order chi connectivity index (χ0) is 21.0. The van der Waals surface area contributed by atoms with Crippen LogP contribution in [0.5, 0.6) is 0 Å². The van der Waals surface area contributed by atoms with Gasteiger partial charge in [-0.25, -0.2) is 8.42 Å². The summed E-state index contributed by atoms with van der Waals surface area (Å²) in [6.07, 6.45) is 0. The molecule has 0 heterocycles. The van der Waals surface area contributed by atoms with E-state index in [4.69, 9.17) is 0 Å². The van der Waals surface area contributed by atoms with E-state index in [0.717, 1.165) is 5.56 Å². The second-order valence-corrected chi connectivity index (χ2v) is 8.27. The van der Waals surface area contributed by atoms with Crippen molar-refractivity contribution in [3.8, 4) is 0 Å². The molecule has 0 unspecified atom stereocenters. The summed E-state index contributed by atoms with van der Waals surface area (Å²) in [7, 11) is -3.80. The lowest BCUT2D eigenvalue weighted by atomic mass is 10.2. The van der Waals surface area contributed by atoms with Gasteiger partial charge in [-0.3, -0.25) is 14.3 Å². The van der Waals surface area contributed by atoms with E-state index in [-0.39, 0.29) is 16.6 Å². The summed E-state index contributed by atoms with van der Waals surface area (Å²) in [6.45, 7) is 3.38. The Morgan fingerprint density at radius 1 is 0.724 bits per heavy atom. The molecule has 7 heteroatoms. The Morgan fingerprint density at radius 3 is 1.79 bits per heavy atom. The zero-order valence-electron chi connectivity index (χ0n) is 16.0. The van der Waals surface area contributed by atoms with E-state index >= 15 is 0 Å². The molecule has 3 aromatic carbocycles. The fourth-order valence-corrected chi connectivity index (χ4v) is 3.67. The van der Waals surface area contributed by atoms with Gasteiger partial charge in [-0.1, -0.05) is 29.8 Å². The van der Waals surface area contributed by atoms with E-state index in [0.29, 0.717) is 22.5 Å². The van der Waals surface area contributed by atoms with Crippen LogP contribution in [-0.4, -0.2) is 20.1 Å². The number of carbonyl (C=O) groups excluding carboxylic acids is 2. The molecule has 6 nitrogen and oxygen atoms in total. The first-order valence-electron chi connectivity index (χ1n) is 8.86. The first kappa shape index (κ1) is 20.3. The van der Waals surface area contributed by atoms with Gasteiger partial charge in [-0.2, -0.15) is 0 Å². The number of Topliss-reactive ketones (excluding diaryl/α,β-unsaturated/α-hetero) is 1.